The first kappa shape index (κ1) is 16.4. The molecule has 0 saturated carbocycles. The van der Waals surface area contributed by atoms with Crippen LogP contribution in [-0.4, -0.2) is 19.2 Å². The fourth-order valence-electron chi connectivity index (χ4n) is 3.52. The average molecular weight is 344 g/mol. The van der Waals surface area contributed by atoms with Gasteiger partial charge in [-0.15, -0.1) is 0 Å². The van der Waals surface area contributed by atoms with Gasteiger partial charge in [0.25, 0.3) is 0 Å². The van der Waals surface area contributed by atoms with Gasteiger partial charge >= 0.3 is 5.97 Å². The normalized spacial score (nSPS) is 12.3. The van der Waals surface area contributed by atoms with E-state index in [-0.39, 0.29) is 11.9 Å². The number of nitrogens with two attached hydrogens (primary N) is 1. The number of benzene rings is 3. The predicted molar refractivity (Wildman–Crippen MR) is 103 cm³/mol. The van der Waals surface area contributed by atoms with Crippen molar-refractivity contribution in [3.05, 3.63) is 89.5 Å². The standard InChI is InChI=1S/C22H20N2O2/c23-14-24-16-11-9-15(10-12-16)22(25)26-13-21-19-7-3-1-5-17(19)18-6-2-4-8-20(18)21/h1-12,21,24H,13-14,23H2. The van der Waals surface area contributed by atoms with Gasteiger partial charge in [0.05, 0.1) is 12.2 Å². The van der Waals surface area contributed by atoms with Crippen molar-refractivity contribution in [2.45, 2.75) is 5.92 Å². The molecular weight excluding hydrogens is 324 g/mol. The molecule has 0 aliphatic heterocycles. The van der Waals surface area contributed by atoms with Gasteiger partial charge in [0.1, 0.15) is 6.61 Å². The molecular formula is C22H20N2O2. The van der Waals surface area contributed by atoms with E-state index < -0.39 is 0 Å². The van der Waals surface area contributed by atoms with Gasteiger partial charge in [-0.1, -0.05) is 48.5 Å². The van der Waals surface area contributed by atoms with Crippen LogP contribution in [0.5, 0.6) is 0 Å². The van der Waals surface area contributed by atoms with Gasteiger partial charge in [0.15, 0.2) is 0 Å². The summed E-state index contributed by atoms with van der Waals surface area (Å²) in [4.78, 5) is 12.4. The molecule has 26 heavy (non-hydrogen) atoms. The lowest BCUT2D eigenvalue weighted by molar-refractivity contribution is 0.0493. The number of rotatable bonds is 5. The average Bonchev–Trinajstić information content (AvgIpc) is 3.01. The summed E-state index contributed by atoms with van der Waals surface area (Å²) in [5.41, 5.74) is 11.7. The van der Waals surface area contributed by atoms with Gasteiger partial charge in [0, 0.05) is 11.6 Å². The van der Waals surface area contributed by atoms with E-state index >= 15 is 0 Å². The maximum atomic E-state index is 12.4. The Kier molecular flexibility index (Phi) is 4.42. The van der Waals surface area contributed by atoms with Crippen molar-refractivity contribution in [1.82, 2.24) is 0 Å². The molecule has 3 N–H and O–H groups in total. The summed E-state index contributed by atoms with van der Waals surface area (Å²) < 4.78 is 5.64. The predicted octanol–water partition coefficient (Wildman–Crippen LogP) is 3.98. The maximum absolute atomic E-state index is 12.4. The second-order valence-corrected chi connectivity index (χ2v) is 6.28. The highest BCUT2D eigenvalue weighted by Crippen LogP contribution is 2.44. The summed E-state index contributed by atoms with van der Waals surface area (Å²) in [5, 5.41) is 3.00. The fraction of sp³-hybridized carbons (Fsp3) is 0.136. The van der Waals surface area contributed by atoms with Gasteiger partial charge < -0.3 is 15.8 Å². The van der Waals surface area contributed by atoms with Crippen LogP contribution in [0.2, 0.25) is 0 Å². The van der Waals surface area contributed by atoms with Crippen molar-refractivity contribution in [1.29, 1.82) is 0 Å². The Labute approximate surface area is 152 Å². The summed E-state index contributed by atoms with van der Waals surface area (Å²) in [7, 11) is 0. The van der Waals surface area contributed by atoms with Crippen LogP contribution >= 0.6 is 0 Å². The molecule has 0 bridgehead atoms. The van der Waals surface area contributed by atoms with E-state index in [4.69, 9.17) is 10.5 Å². The van der Waals surface area contributed by atoms with Crippen LogP contribution in [0.1, 0.15) is 27.4 Å². The largest absolute Gasteiger partial charge is 0.461 e. The van der Waals surface area contributed by atoms with Crippen LogP contribution in [0, 0.1) is 0 Å². The molecule has 4 nitrogen and oxygen atoms in total. The number of fused-ring (bicyclic) bond motifs is 3. The summed E-state index contributed by atoms with van der Waals surface area (Å²) in [6.07, 6.45) is 0. The molecule has 0 radical (unpaired) electrons. The lowest BCUT2D eigenvalue weighted by atomic mass is 9.98. The van der Waals surface area contributed by atoms with Gasteiger partial charge in [-0.25, -0.2) is 4.79 Å². The van der Waals surface area contributed by atoms with Crippen molar-refractivity contribution < 1.29 is 9.53 Å². The SMILES string of the molecule is NCNc1ccc(C(=O)OCC2c3ccccc3-c3ccccc32)cc1. The highest BCUT2D eigenvalue weighted by Gasteiger charge is 2.29. The molecule has 0 atom stereocenters. The van der Waals surface area contributed by atoms with Gasteiger partial charge in [-0.05, 0) is 46.5 Å². The third-order valence-electron chi connectivity index (χ3n) is 4.77. The molecule has 1 aliphatic carbocycles. The van der Waals surface area contributed by atoms with Crippen LogP contribution in [0.25, 0.3) is 11.1 Å². The molecule has 0 saturated heterocycles. The zero-order chi connectivity index (χ0) is 17.9. The second kappa shape index (κ2) is 7.02. The lowest BCUT2D eigenvalue weighted by Gasteiger charge is -2.14. The Hall–Kier alpha value is -3.11. The molecule has 0 heterocycles. The van der Waals surface area contributed by atoms with E-state index in [1.54, 1.807) is 12.1 Å². The third kappa shape index (κ3) is 2.95. The van der Waals surface area contributed by atoms with Gasteiger partial charge in [-0.3, -0.25) is 0 Å². The van der Waals surface area contributed by atoms with Gasteiger partial charge in [-0.2, -0.15) is 0 Å². The minimum Gasteiger partial charge on any atom is -0.461 e. The van der Waals surface area contributed by atoms with Crippen molar-refractivity contribution >= 4 is 11.7 Å². The second-order valence-electron chi connectivity index (χ2n) is 6.28. The van der Waals surface area contributed by atoms with E-state index in [0.717, 1.165) is 5.69 Å². The number of hydrogen-bond donors (Lipinski definition) is 2. The van der Waals surface area contributed by atoms with E-state index in [9.17, 15) is 4.79 Å². The number of carbonyl (C=O) groups excluding carboxylic acids is 1. The van der Waals surface area contributed by atoms with Crippen LogP contribution in [0.4, 0.5) is 5.69 Å². The minimum absolute atomic E-state index is 0.0736. The number of hydrogen-bond acceptors (Lipinski definition) is 4. The molecule has 0 aromatic heterocycles. The quantitative estimate of drug-likeness (QED) is 0.543. The monoisotopic (exact) mass is 344 g/mol. The minimum atomic E-state index is -0.314. The van der Waals surface area contributed by atoms with Crippen molar-refractivity contribution in [2.75, 3.05) is 18.6 Å². The van der Waals surface area contributed by atoms with Crippen LogP contribution < -0.4 is 11.1 Å². The van der Waals surface area contributed by atoms with E-state index in [1.807, 2.05) is 36.4 Å². The first-order valence-electron chi connectivity index (χ1n) is 8.67. The van der Waals surface area contributed by atoms with E-state index in [1.165, 1.54) is 22.3 Å². The fourth-order valence-corrected chi connectivity index (χ4v) is 3.52. The number of anilines is 1. The summed E-state index contributed by atoms with van der Waals surface area (Å²) in [6.45, 7) is 0.681. The topological polar surface area (TPSA) is 64.3 Å². The van der Waals surface area contributed by atoms with E-state index in [2.05, 4.69) is 29.6 Å². The molecule has 4 heteroatoms. The number of ether oxygens (including phenoxy) is 1. The molecule has 0 unspecified atom stereocenters. The molecule has 0 amide bonds. The summed E-state index contributed by atoms with van der Waals surface area (Å²) in [6, 6.07) is 23.8. The van der Waals surface area contributed by atoms with Crippen molar-refractivity contribution in [3.8, 4) is 11.1 Å². The van der Waals surface area contributed by atoms with Crippen molar-refractivity contribution in [3.63, 3.8) is 0 Å². The first-order valence-corrected chi connectivity index (χ1v) is 8.67. The number of carbonyl (C=O) groups is 1. The Morgan fingerprint density at radius 3 is 2.04 bits per heavy atom. The van der Waals surface area contributed by atoms with Crippen LogP contribution in [0.3, 0.4) is 0 Å². The zero-order valence-corrected chi connectivity index (χ0v) is 14.3. The first-order chi connectivity index (χ1) is 12.8. The Bertz CT molecular complexity index is 889. The Morgan fingerprint density at radius 2 is 1.46 bits per heavy atom. The molecule has 3 aromatic rings. The molecule has 0 spiro atoms. The molecule has 1 aliphatic rings. The number of nitrogens with one attached hydrogen (secondary N) is 1. The third-order valence-corrected chi connectivity index (χ3v) is 4.77. The highest BCUT2D eigenvalue weighted by molar-refractivity contribution is 5.90. The molecule has 3 aromatic carbocycles. The zero-order valence-electron chi connectivity index (χ0n) is 14.3. The Balaban J connectivity index is 1.52. The Morgan fingerprint density at radius 1 is 0.885 bits per heavy atom. The van der Waals surface area contributed by atoms with E-state index in [0.29, 0.717) is 18.8 Å². The molecule has 130 valence electrons. The highest BCUT2D eigenvalue weighted by atomic mass is 16.5. The molecule has 4 rings (SSSR count). The number of esters is 1. The van der Waals surface area contributed by atoms with Crippen LogP contribution in [-0.2, 0) is 4.74 Å². The lowest BCUT2D eigenvalue weighted by Crippen LogP contribution is -2.13. The van der Waals surface area contributed by atoms with Crippen LogP contribution in [0.15, 0.2) is 72.8 Å². The maximum Gasteiger partial charge on any atom is 0.338 e. The summed E-state index contributed by atoms with van der Waals surface area (Å²) >= 11 is 0. The summed E-state index contributed by atoms with van der Waals surface area (Å²) in [5.74, 6) is -0.240. The molecule has 0 fully saturated rings. The van der Waals surface area contributed by atoms with Gasteiger partial charge in [0.2, 0.25) is 0 Å². The smallest absolute Gasteiger partial charge is 0.338 e. The van der Waals surface area contributed by atoms with Crippen molar-refractivity contribution in [2.24, 2.45) is 5.73 Å².